The number of anilines is 1. The molecule has 0 saturated carbocycles. The van der Waals surface area contributed by atoms with Crippen molar-refractivity contribution in [2.24, 2.45) is 0 Å². The van der Waals surface area contributed by atoms with Crippen LogP contribution in [-0.2, 0) is 16.6 Å². The summed E-state index contributed by atoms with van der Waals surface area (Å²) in [6, 6.07) is 9.44. The van der Waals surface area contributed by atoms with Gasteiger partial charge in [-0.3, -0.25) is 9.62 Å². The molecule has 176 valence electrons. The molecule has 0 spiro atoms. The van der Waals surface area contributed by atoms with E-state index in [2.05, 4.69) is 21.5 Å². The van der Waals surface area contributed by atoms with Crippen LogP contribution in [0.1, 0.15) is 25.3 Å². The van der Waals surface area contributed by atoms with E-state index in [4.69, 9.17) is 27.9 Å². The number of ether oxygens (including phenoxy) is 1. The Labute approximate surface area is 206 Å². The first kappa shape index (κ1) is 24.2. The van der Waals surface area contributed by atoms with Crippen LogP contribution in [0.25, 0.3) is 0 Å². The van der Waals surface area contributed by atoms with E-state index in [1.807, 2.05) is 0 Å². The van der Waals surface area contributed by atoms with E-state index in [-0.39, 0.29) is 32.9 Å². The molecule has 1 aliphatic heterocycles. The zero-order valence-electron chi connectivity index (χ0n) is 17.7. The smallest absolute Gasteiger partial charge is 0.263 e. The summed E-state index contributed by atoms with van der Waals surface area (Å²) in [4.78, 5) is 6.27. The maximum atomic E-state index is 13.4. The fraction of sp³-hybridized carbons (Fsp3) is 0.318. The van der Waals surface area contributed by atoms with E-state index in [0.717, 1.165) is 24.9 Å². The first-order chi connectivity index (χ1) is 15.7. The van der Waals surface area contributed by atoms with E-state index in [1.54, 1.807) is 29.1 Å². The number of nitrogens with zero attached hydrogens (tertiary/aromatic N) is 2. The van der Waals surface area contributed by atoms with Gasteiger partial charge in [0.25, 0.3) is 10.0 Å². The molecule has 3 aromatic rings. The third-order valence-electron chi connectivity index (χ3n) is 5.51. The Bertz CT molecular complexity index is 1230. The molecular weight excluding hydrogens is 508 g/mol. The van der Waals surface area contributed by atoms with E-state index >= 15 is 0 Å². The number of sulfonamides is 1. The van der Waals surface area contributed by atoms with Crippen LogP contribution in [0.4, 0.5) is 10.2 Å². The maximum Gasteiger partial charge on any atom is 0.263 e. The van der Waals surface area contributed by atoms with Gasteiger partial charge in [-0.05, 0) is 55.7 Å². The van der Waals surface area contributed by atoms with Crippen molar-refractivity contribution < 1.29 is 17.5 Å². The first-order valence-corrected chi connectivity index (χ1v) is 13.4. The second kappa shape index (κ2) is 10.1. The van der Waals surface area contributed by atoms with Gasteiger partial charge in [-0.1, -0.05) is 29.3 Å². The van der Waals surface area contributed by atoms with Gasteiger partial charge in [0, 0.05) is 24.5 Å². The molecule has 0 unspecified atom stereocenters. The first-order valence-electron chi connectivity index (χ1n) is 10.3. The van der Waals surface area contributed by atoms with Crippen LogP contribution in [-0.4, -0.2) is 37.0 Å². The van der Waals surface area contributed by atoms with Crippen molar-refractivity contribution in [1.82, 2.24) is 9.88 Å². The van der Waals surface area contributed by atoms with Gasteiger partial charge >= 0.3 is 0 Å². The third-order valence-corrected chi connectivity index (χ3v) is 8.04. The van der Waals surface area contributed by atoms with Crippen molar-refractivity contribution in [2.45, 2.75) is 43.4 Å². The van der Waals surface area contributed by atoms with Gasteiger partial charge in [0.15, 0.2) is 5.82 Å². The minimum atomic E-state index is -3.79. The summed E-state index contributed by atoms with van der Waals surface area (Å²) in [5.74, 6) is 0.288. The highest BCUT2D eigenvalue weighted by molar-refractivity contribution is 7.92. The lowest BCUT2D eigenvalue weighted by molar-refractivity contribution is 0.0586. The quantitative estimate of drug-likeness (QED) is 0.417. The number of thiazole rings is 1. The number of halogens is 3. The number of piperidine rings is 1. The van der Waals surface area contributed by atoms with Gasteiger partial charge < -0.3 is 4.74 Å². The number of aromatic nitrogens is 1. The van der Waals surface area contributed by atoms with Crippen molar-refractivity contribution >= 4 is 50.4 Å². The van der Waals surface area contributed by atoms with Crippen LogP contribution >= 0.6 is 34.5 Å². The predicted octanol–water partition coefficient (Wildman–Crippen LogP) is 5.82. The summed E-state index contributed by atoms with van der Waals surface area (Å²) < 4.78 is 47.0. The highest BCUT2D eigenvalue weighted by Crippen LogP contribution is 2.32. The second-order valence-electron chi connectivity index (χ2n) is 7.90. The Hall–Kier alpha value is -1.91. The summed E-state index contributed by atoms with van der Waals surface area (Å²) in [6.07, 6.45) is 1.50. The van der Waals surface area contributed by atoms with Crippen LogP contribution in [0.5, 0.6) is 5.75 Å². The van der Waals surface area contributed by atoms with Crippen LogP contribution in [0, 0.1) is 5.82 Å². The Morgan fingerprint density at radius 3 is 2.73 bits per heavy atom. The lowest BCUT2D eigenvalue weighted by Gasteiger charge is -2.37. The number of hydrogen-bond donors (Lipinski definition) is 1. The topological polar surface area (TPSA) is 71.5 Å². The van der Waals surface area contributed by atoms with Gasteiger partial charge in [-0.2, -0.15) is 0 Å². The molecule has 0 bridgehead atoms. The zero-order chi connectivity index (χ0) is 23.6. The van der Waals surface area contributed by atoms with Crippen LogP contribution in [0.2, 0.25) is 10.0 Å². The monoisotopic (exact) mass is 529 g/mol. The summed E-state index contributed by atoms with van der Waals surface area (Å²) in [7, 11) is -3.79. The number of benzene rings is 2. The molecule has 1 aliphatic rings. The fourth-order valence-electron chi connectivity index (χ4n) is 3.78. The summed E-state index contributed by atoms with van der Waals surface area (Å²) in [5, 5.41) is 1.96. The molecule has 1 saturated heterocycles. The highest BCUT2D eigenvalue weighted by atomic mass is 35.5. The Balaban J connectivity index is 1.37. The standard InChI is InChI=1S/C22H22Cl2FN3O3S2/c1-14-8-16(6-7-28(14)11-15-2-4-20(25)18(23)9-15)31-21-5-3-17(10-19(21)24)33(29,30)27-22-12-32-13-26-22/h2-5,9-10,12-14,16,27H,6-8,11H2,1H3/t14-,16+/m0/s1. The van der Waals surface area contributed by atoms with Crippen molar-refractivity contribution in [3.05, 3.63) is 68.7 Å². The zero-order valence-corrected chi connectivity index (χ0v) is 20.8. The maximum absolute atomic E-state index is 13.4. The van der Waals surface area contributed by atoms with E-state index in [9.17, 15) is 12.8 Å². The van der Waals surface area contributed by atoms with Gasteiger partial charge in [-0.15, -0.1) is 11.3 Å². The van der Waals surface area contributed by atoms with Crippen molar-refractivity contribution in [1.29, 1.82) is 0 Å². The average molecular weight is 530 g/mol. The van der Waals surface area contributed by atoms with Gasteiger partial charge in [0.1, 0.15) is 17.7 Å². The molecule has 2 aromatic carbocycles. The number of nitrogens with one attached hydrogen (secondary N) is 1. The Kier molecular flexibility index (Phi) is 7.45. The van der Waals surface area contributed by atoms with E-state index < -0.39 is 15.8 Å². The SMILES string of the molecule is C[C@H]1C[C@H](Oc2ccc(S(=O)(=O)Nc3cscn3)cc2Cl)CCN1Cc1ccc(F)c(Cl)c1. The van der Waals surface area contributed by atoms with Crippen LogP contribution in [0.3, 0.4) is 0 Å². The molecule has 1 aromatic heterocycles. The van der Waals surface area contributed by atoms with Gasteiger partial charge in [0.2, 0.25) is 0 Å². The largest absolute Gasteiger partial charge is 0.489 e. The molecular formula is C22H22Cl2FN3O3S2. The molecule has 0 radical (unpaired) electrons. The molecule has 33 heavy (non-hydrogen) atoms. The minimum Gasteiger partial charge on any atom is -0.489 e. The van der Waals surface area contributed by atoms with Crippen LogP contribution < -0.4 is 9.46 Å². The summed E-state index contributed by atoms with van der Waals surface area (Å²) >= 11 is 13.5. The summed E-state index contributed by atoms with van der Waals surface area (Å²) in [6.45, 7) is 3.58. The molecule has 4 rings (SSSR count). The number of hydrogen-bond acceptors (Lipinski definition) is 6. The summed E-state index contributed by atoms with van der Waals surface area (Å²) in [5.41, 5.74) is 2.50. The third kappa shape index (κ3) is 5.96. The van der Waals surface area contributed by atoms with Crippen molar-refractivity contribution in [3.63, 3.8) is 0 Å². The van der Waals surface area contributed by atoms with Crippen LogP contribution in [0.15, 0.2) is 52.2 Å². The molecule has 1 N–H and O–H groups in total. The molecule has 0 amide bonds. The number of likely N-dealkylation sites (tertiary alicyclic amines) is 1. The second-order valence-corrected chi connectivity index (χ2v) is 11.1. The minimum absolute atomic E-state index is 0.0361. The number of rotatable bonds is 7. The molecule has 11 heteroatoms. The Morgan fingerprint density at radius 1 is 1.24 bits per heavy atom. The lowest BCUT2D eigenvalue weighted by Crippen LogP contribution is -2.43. The van der Waals surface area contributed by atoms with Gasteiger partial charge in [-0.25, -0.2) is 17.8 Å². The van der Waals surface area contributed by atoms with E-state index in [0.29, 0.717) is 12.3 Å². The Morgan fingerprint density at radius 2 is 2.06 bits per heavy atom. The van der Waals surface area contributed by atoms with Gasteiger partial charge in [0.05, 0.1) is 20.5 Å². The molecule has 1 fully saturated rings. The van der Waals surface area contributed by atoms with E-state index in [1.165, 1.54) is 29.5 Å². The molecule has 6 nitrogen and oxygen atoms in total. The van der Waals surface area contributed by atoms with Crippen molar-refractivity contribution in [3.8, 4) is 5.75 Å². The van der Waals surface area contributed by atoms with Crippen molar-refractivity contribution in [2.75, 3.05) is 11.3 Å². The predicted molar refractivity (Wildman–Crippen MR) is 129 cm³/mol. The highest BCUT2D eigenvalue weighted by Gasteiger charge is 2.27. The average Bonchev–Trinajstić information content (AvgIpc) is 3.26. The lowest BCUT2D eigenvalue weighted by atomic mass is 9.99. The molecule has 2 atom stereocenters. The fourth-order valence-corrected chi connectivity index (χ4v) is 5.85. The molecule has 0 aliphatic carbocycles. The molecule has 2 heterocycles. The normalized spacial score (nSPS) is 19.4.